The van der Waals surface area contributed by atoms with Crippen molar-refractivity contribution in [2.45, 2.75) is 123 Å². The highest BCUT2D eigenvalue weighted by Crippen LogP contribution is 2.42. The van der Waals surface area contributed by atoms with Gasteiger partial charge in [-0.05, 0) is 65.3 Å². The quantitative estimate of drug-likeness (QED) is 0.117. The second-order valence-corrected chi connectivity index (χ2v) is 21.7. The molecule has 0 aliphatic rings. The predicted molar refractivity (Wildman–Crippen MR) is 169 cm³/mol. The minimum atomic E-state index is -1.91. The molecule has 0 unspecified atom stereocenters. The molecule has 0 spiro atoms. The normalized spacial score (nSPS) is 14.0. The minimum Gasteiger partial charge on any atom is -0.497 e. The molecule has 1 atom stereocenters. The molecule has 0 fully saturated rings. The first-order valence-electron chi connectivity index (χ1n) is 14.8. The van der Waals surface area contributed by atoms with E-state index >= 15 is 0 Å². The van der Waals surface area contributed by atoms with E-state index < -0.39 is 16.6 Å². The number of ether oxygens (including phenoxy) is 2. The zero-order valence-electron chi connectivity index (χ0n) is 26.3. The molecule has 0 amide bonds. The maximum absolute atomic E-state index is 6.99. The third kappa shape index (κ3) is 10.1. The Morgan fingerprint density at radius 2 is 1.45 bits per heavy atom. The molecule has 0 bridgehead atoms. The summed E-state index contributed by atoms with van der Waals surface area (Å²) in [5.74, 6) is 0.862. The average molecular weight is 563 g/mol. The molecular weight excluding hydrogens is 505 g/mol. The molecular formula is C32H58O4Si2. The van der Waals surface area contributed by atoms with Crippen LogP contribution in [0.4, 0.5) is 0 Å². The fraction of sp³-hybridized carbons (Fsp3) is 0.688. The molecule has 1 aromatic carbocycles. The summed E-state index contributed by atoms with van der Waals surface area (Å²) in [6, 6.07) is 11.5. The van der Waals surface area contributed by atoms with Gasteiger partial charge in [-0.2, -0.15) is 0 Å². The highest BCUT2D eigenvalue weighted by atomic mass is 28.4. The molecule has 4 nitrogen and oxygen atoms in total. The zero-order chi connectivity index (χ0) is 28.8. The first-order valence-corrected chi connectivity index (χ1v) is 19.5. The number of rotatable bonds is 20. The van der Waals surface area contributed by atoms with E-state index in [0.717, 1.165) is 42.3 Å². The van der Waals surface area contributed by atoms with Gasteiger partial charge in [0.15, 0.2) is 8.32 Å². The van der Waals surface area contributed by atoms with Crippen LogP contribution in [0.15, 0.2) is 48.6 Å². The lowest BCUT2D eigenvalue weighted by molar-refractivity contribution is 0.0356. The molecule has 0 aliphatic carbocycles. The second kappa shape index (κ2) is 17.5. The van der Waals surface area contributed by atoms with Gasteiger partial charge in [-0.15, -0.1) is 6.58 Å². The van der Waals surface area contributed by atoms with Gasteiger partial charge in [-0.25, -0.2) is 0 Å². The van der Waals surface area contributed by atoms with E-state index in [1.165, 1.54) is 5.57 Å². The molecule has 0 N–H and O–H groups in total. The average Bonchev–Trinajstić information content (AvgIpc) is 2.89. The molecule has 1 aromatic rings. The number of allylic oxidation sites excluding steroid dienone is 1. The Hall–Kier alpha value is -1.19. The van der Waals surface area contributed by atoms with Crippen LogP contribution in [-0.4, -0.2) is 43.1 Å². The second-order valence-electron chi connectivity index (χ2n) is 11.5. The van der Waals surface area contributed by atoms with Gasteiger partial charge in [0.05, 0.1) is 33.0 Å². The zero-order valence-corrected chi connectivity index (χ0v) is 28.3. The van der Waals surface area contributed by atoms with E-state index in [1.54, 1.807) is 7.11 Å². The van der Waals surface area contributed by atoms with Gasteiger partial charge in [0.1, 0.15) is 5.75 Å². The van der Waals surface area contributed by atoms with Gasteiger partial charge >= 0.3 is 0 Å². The van der Waals surface area contributed by atoms with Crippen LogP contribution in [0.1, 0.15) is 80.7 Å². The van der Waals surface area contributed by atoms with Crippen LogP contribution in [0.25, 0.3) is 0 Å². The van der Waals surface area contributed by atoms with Crippen molar-refractivity contribution in [1.82, 2.24) is 0 Å². The van der Waals surface area contributed by atoms with E-state index in [2.05, 4.69) is 87.1 Å². The molecule has 6 heteroatoms. The van der Waals surface area contributed by atoms with Crippen LogP contribution in [0.2, 0.25) is 34.8 Å². The third-order valence-electron chi connectivity index (χ3n) is 8.39. The summed E-state index contributed by atoms with van der Waals surface area (Å²) in [6.45, 7) is 26.8. The van der Waals surface area contributed by atoms with E-state index in [4.69, 9.17) is 18.3 Å². The Bertz CT molecular complexity index is 783. The number of benzene rings is 1. The smallest absolute Gasteiger partial charge is 0.200 e. The monoisotopic (exact) mass is 562 g/mol. The van der Waals surface area contributed by atoms with Crippen LogP contribution < -0.4 is 4.74 Å². The van der Waals surface area contributed by atoms with Crippen molar-refractivity contribution >= 4 is 16.6 Å². The van der Waals surface area contributed by atoms with Crippen LogP contribution in [0.5, 0.6) is 5.75 Å². The fourth-order valence-electron chi connectivity index (χ4n) is 6.05. The van der Waals surface area contributed by atoms with Crippen molar-refractivity contribution in [1.29, 1.82) is 0 Å². The highest BCUT2D eigenvalue weighted by molar-refractivity contribution is 6.77. The summed E-state index contributed by atoms with van der Waals surface area (Å²) >= 11 is 0. The summed E-state index contributed by atoms with van der Waals surface area (Å²) in [6.07, 6.45) is 6.05. The largest absolute Gasteiger partial charge is 0.497 e. The molecule has 0 heterocycles. The van der Waals surface area contributed by atoms with Crippen LogP contribution in [-0.2, 0) is 20.2 Å². The highest BCUT2D eigenvalue weighted by Gasteiger charge is 2.44. The Balaban J connectivity index is 3.07. The van der Waals surface area contributed by atoms with Gasteiger partial charge in [-0.1, -0.05) is 92.2 Å². The topological polar surface area (TPSA) is 36.9 Å². The van der Waals surface area contributed by atoms with Crippen LogP contribution in [0, 0.1) is 0 Å². The van der Waals surface area contributed by atoms with E-state index in [-0.39, 0.29) is 6.10 Å². The maximum Gasteiger partial charge on any atom is 0.200 e. The molecule has 218 valence electrons. The van der Waals surface area contributed by atoms with Gasteiger partial charge in [0.25, 0.3) is 0 Å². The molecule has 0 aliphatic heterocycles. The standard InChI is InChI=1S/C32H58O4Si2/c1-12-16-29(21-22-35-38(26(5)6,27(7)8)28(9)10)23-32(36-37(13-2,14-3)15-4)25-34-24-30-17-19-31(33-11)20-18-30/h12,17-21,26-28,32H,1,13-16,22-25H2,2-11H3/b29-21-/t32-/m1/s1. The summed E-state index contributed by atoms with van der Waals surface area (Å²) in [4.78, 5) is 0. The predicted octanol–water partition coefficient (Wildman–Crippen LogP) is 9.69. The summed E-state index contributed by atoms with van der Waals surface area (Å²) in [7, 11) is -2.01. The number of hydrogen-bond donors (Lipinski definition) is 0. The van der Waals surface area contributed by atoms with Gasteiger partial charge in [0, 0.05) is 0 Å². The molecule has 38 heavy (non-hydrogen) atoms. The molecule has 0 radical (unpaired) electrons. The van der Waals surface area contributed by atoms with E-state index in [1.807, 2.05) is 18.2 Å². The Labute approximate surface area is 237 Å². The van der Waals surface area contributed by atoms with Crippen molar-refractivity contribution in [3.63, 3.8) is 0 Å². The minimum absolute atomic E-state index is 0.0354. The Kier molecular flexibility index (Phi) is 16.0. The lowest BCUT2D eigenvalue weighted by Gasteiger charge is -2.42. The van der Waals surface area contributed by atoms with Gasteiger partial charge < -0.3 is 18.3 Å². The van der Waals surface area contributed by atoms with Crippen molar-refractivity contribution in [2.75, 3.05) is 20.3 Å². The Morgan fingerprint density at radius 1 is 0.895 bits per heavy atom. The van der Waals surface area contributed by atoms with Crippen LogP contribution >= 0.6 is 0 Å². The fourth-order valence-corrected chi connectivity index (χ4v) is 14.3. The van der Waals surface area contributed by atoms with Crippen LogP contribution in [0.3, 0.4) is 0 Å². The van der Waals surface area contributed by atoms with Gasteiger partial charge in [0.2, 0.25) is 8.32 Å². The first kappa shape index (κ1) is 34.8. The lowest BCUT2D eigenvalue weighted by Crippen LogP contribution is -2.47. The number of hydrogen-bond acceptors (Lipinski definition) is 4. The maximum atomic E-state index is 6.99. The summed E-state index contributed by atoms with van der Waals surface area (Å²) in [5.41, 5.74) is 4.20. The van der Waals surface area contributed by atoms with Gasteiger partial charge in [-0.3, -0.25) is 0 Å². The van der Waals surface area contributed by atoms with Crippen molar-refractivity contribution < 1.29 is 18.3 Å². The summed E-state index contributed by atoms with van der Waals surface area (Å²) < 4.78 is 25.4. The molecule has 0 saturated carbocycles. The molecule has 0 aromatic heterocycles. The van der Waals surface area contributed by atoms with E-state index in [9.17, 15) is 0 Å². The first-order chi connectivity index (χ1) is 18.0. The summed E-state index contributed by atoms with van der Waals surface area (Å²) in [5, 5.41) is 0. The van der Waals surface area contributed by atoms with Crippen molar-refractivity contribution in [3.8, 4) is 5.75 Å². The molecule has 1 rings (SSSR count). The van der Waals surface area contributed by atoms with Crippen molar-refractivity contribution in [2.24, 2.45) is 0 Å². The van der Waals surface area contributed by atoms with E-state index in [0.29, 0.717) is 36.4 Å². The van der Waals surface area contributed by atoms with Crippen molar-refractivity contribution in [3.05, 3.63) is 54.1 Å². The number of methoxy groups -OCH3 is 1. The SMILES string of the molecule is C=CC/C(=C/CO[Si](C(C)C)(C(C)C)C(C)C)C[C@H](COCc1ccc(OC)cc1)O[Si](CC)(CC)CC. The Morgan fingerprint density at radius 3 is 1.89 bits per heavy atom. The third-order valence-corrected chi connectivity index (χ3v) is 19.2. The molecule has 0 saturated heterocycles. The lowest BCUT2D eigenvalue weighted by atomic mass is 10.1.